The Kier molecular flexibility index (Phi) is 3.29. The van der Waals surface area contributed by atoms with Gasteiger partial charge in [0.1, 0.15) is 5.76 Å². The van der Waals surface area contributed by atoms with Crippen LogP contribution in [0.25, 0.3) is 22.5 Å². The van der Waals surface area contributed by atoms with E-state index in [9.17, 15) is 0 Å². The Hall–Kier alpha value is -2.49. The van der Waals surface area contributed by atoms with Gasteiger partial charge in [-0.3, -0.25) is 0 Å². The summed E-state index contributed by atoms with van der Waals surface area (Å²) >= 11 is 0. The summed E-state index contributed by atoms with van der Waals surface area (Å²) in [6, 6.07) is 10.2. The van der Waals surface area contributed by atoms with Crippen molar-refractivity contribution in [2.45, 2.75) is 26.7 Å². The van der Waals surface area contributed by atoms with E-state index >= 15 is 0 Å². The van der Waals surface area contributed by atoms with E-state index in [0.29, 0.717) is 17.5 Å². The van der Waals surface area contributed by atoms with E-state index in [2.05, 4.69) is 43.3 Å². The normalized spacial score (nSPS) is 11.2. The molecule has 0 unspecified atom stereocenters. The lowest BCUT2D eigenvalue weighted by Gasteiger charge is -2.07. The molecule has 0 saturated carbocycles. The Bertz CT molecular complexity index is 751. The average molecular weight is 282 g/mol. The lowest BCUT2D eigenvalue weighted by Crippen LogP contribution is -1.91. The van der Waals surface area contributed by atoms with Crippen molar-refractivity contribution in [3.8, 4) is 22.5 Å². The fourth-order valence-electron chi connectivity index (χ4n) is 2.42. The van der Waals surface area contributed by atoms with Crippen molar-refractivity contribution in [1.29, 1.82) is 0 Å². The highest BCUT2D eigenvalue weighted by molar-refractivity contribution is 5.87. The van der Waals surface area contributed by atoms with Crippen molar-refractivity contribution in [1.82, 2.24) is 5.16 Å². The highest BCUT2D eigenvalue weighted by atomic mass is 16.5. The second kappa shape index (κ2) is 5.13. The van der Waals surface area contributed by atoms with E-state index in [-0.39, 0.29) is 0 Å². The van der Waals surface area contributed by atoms with Gasteiger partial charge in [0.05, 0.1) is 17.4 Å². The molecule has 0 radical (unpaired) electrons. The Balaban J connectivity index is 2.10. The highest BCUT2D eigenvalue weighted by Crippen LogP contribution is 2.38. The maximum atomic E-state index is 5.99. The summed E-state index contributed by atoms with van der Waals surface area (Å²) in [4.78, 5) is 0. The van der Waals surface area contributed by atoms with Crippen LogP contribution < -0.4 is 5.73 Å². The van der Waals surface area contributed by atoms with Crippen LogP contribution in [0.3, 0.4) is 0 Å². The Labute approximate surface area is 123 Å². The Morgan fingerprint density at radius 2 is 1.81 bits per heavy atom. The van der Waals surface area contributed by atoms with Crippen molar-refractivity contribution in [3.63, 3.8) is 0 Å². The van der Waals surface area contributed by atoms with Crippen LogP contribution in [-0.4, -0.2) is 5.16 Å². The number of nitrogens with zero attached hydrogens (tertiary/aromatic N) is 1. The summed E-state index contributed by atoms with van der Waals surface area (Å²) in [5.74, 6) is 2.32. The molecule has 2 heterocycles. The standard InChI is InChI=1S/C17H18N2O2/c1-10(2)12-4-6-13(7-5-12)15-16(21-19-17(15)18)14-8-9-20-11(14)3/h4-10H,1-3H3,(H2,18,19). The molecule has 2 aromatic heterocycles. The first-order valence-electron chi connectivity index (χ1n) is 6.98. The van der Waals surface area contributed by atoms with E-state index in [1.165, 1.54) is 5.56 Å². The van der Waals surface area contributed by atoms with Gasteiger partial charge in [-0.15, -0.1) is 0 Å². The first-order chi connectivity index (χ1) is 10.1. The predicted octanol–water partition coefficient (Wildman–Crippen LogP) is 4.62. The van der Waals surface area contributed by atoms with Crippen molar-refractivity contribution in [3.05, 3.63) is 47.9 Å². The molecule has 0 aliphatic heterocycles. The second-order valence-electron chi connectivity index (χ2n) is 5.44. The van der Waals surface area contributed by atoms with E-state index in [0.717, 1.165) is 22.5 Å². The Morgan fingerprint density at radius 1 is 1.10 bits per heavy atom. The zero-order valence-electron chi connectivity index (χ0n) is 12.4. The van der Waals surface area contributed by atoms with Crippen molar-refractivity contribution >= 4 is 5.82 Å². The molecule has 4 nitrogen and oxygen atoms in total. The number of aromatic nitrogens is 1. The minimum Gasteiger partial charge on any atom is -0.469 e. The third-order valence-electron chi connectivity index (χ3n) is 3.69. The van der Waals surface area contributed by atoms with Crippen LogP contribution in [0.5, 0.6) is 0 Å². The minimum atomic E-state index is 0.392. The second-order valence-corrected chi connectivity index (χ2v) is 5.44. The third-order valence-corrected chi connectivity index (χ3v) is 3.69. The van der Waals surface area contributed by atoms with Gasteiger partial charge in [0.15, 0.2) is 11.6 Å². The maximum Gasteiger partial charge on any atom is 0.180 e. The SMILES string of the molecule is Cc1occc1-c1onc(N)c1-c1ccc(C(C)C)cc1. The number of hydrogen-bond donors (Lipinski definition) is 1. The zero-order chi connectivity index (χ0) is 15.0. The molecule has 0 atom stereocenters. The summed E-state index contributed by atoms with van der Waals surface area (Å²) in [7, 11) is 0. The van der Waals surface area contributed by atoms with Gasteiger partial charge in [-0.2, -0.15) is 0 Å². The van der Waals surface area contributed by atoms with Gasteiger partial charge < -0.3 is 14.7 Å². The number of aryl methyl sites for hydroxylation is 1. The van der Waals surface area contributed by atoms with Gasteiger partial charge in [-0.05, 0) is 30.0 Å². The Morgan fingerprint density at radius 3 is 2.38 bits per heavy atom. The van der Waals surface area contributed by atoms with Gasteiger partial charge in [-0.1, -0.05) is 43.3 Å². The third kappa shape index (κ3) is 2.33. The summed E-state index contributed by atoms with van der Waals surface area (Å²) in [6.07, 6.45) is 1.63. The predicted molar refractivity (Wildman–Crippen MR) is 82.9 cm³/mol. The molecule has 0 aliphatic rings. The molecule has 21 heavy (non-hydrogen) atoms. The minimum absolute atomic E-state index is 0.392. The van der Waals surface area contributed by atoms with Crippen LogP contribution in [0.2, 0.25) is 0 Å². The van der Waals surface area contributed by atoms with Crippen molar-refractivity contribution in [2.75, 3.05) is 5.73 Å². The van der Waals surface area contributed by atoms with Gasteiger partial charge in [0.2, 0.25) is 0 Å². The van der Waals surface area contributed by atoms with Crippen LogP contribution in [0, 0.1) is 6.92 Å². The van der Waals surface area contributed by atoms with E-state index in [1.54, 1.807) is 6.26 Å². The van der Waals surface area contributed by atoms with Crippen LogP contribution in [0.1, 0.15) is 31.1 Å². The molecule has 108 valence electrons. The molecule has 0 fully saturated rings. The van der Waals surface area contributed by atoms with Crippen molar-refractivity contribution < 1.29 is 8.94 Å². The average Bonchev–Trinajstić information content (AvgIpc) is 3.04. The molecule has 1 aromatic carbocycles. The number of anilines is 1. The number of rotatable bonds is 3. The number of nitrogens with two attached hydrogens (primary N) is 1. The van der Waals surface area contributed by atoms with Crippen LogP contribution in [0.4, 0.5) is 5.82 Å². The molecule has 0 bridgehead atoms. The zero-order valence-corrected chi connectivity index (χ0v) is 12.4. The molecule has 0 amide bonds. The fraction of sp³-hybridized carbons (Fsp3) is 0.235. The molecule has 2 N–H and O–H groups in total. The number of furan rings is 1. The van der Waals surface area contributed by atoms with Gasteiger partial charge in [0.25, 0.3) is 0 Å². The van der Waals surface area contributed by atoms with E-state index in [4.69, 9.17) is 14.7 Å². The molecule has 0 spiro atoms. The van der Waals surface area contributed by atoms with E-state index in [1.807, 2.05) is 13.0 Å². The smallest absolute Gasteiger partial charge is 0.180 e. The highest BCUT2D eigenvalue weighted by Gasteiger charge is 2.20. The van der Waals surface area contributed by atoms with Gasteiger partial charge >= 0.3 is 0 Å². The number of hydrogen-bond acceptors (Lipinski definition) is 4. The van der Waals surface area contributed by atoms with Crippen LogP contribution in [0.15, 0.2) is 45.5 Å². The quantitative estimate of drug-likeness (QED) is 0.761. The molecule has 0 aliphatic carbocycles. The number of nitrogen functional groups attached to an aromatic ring is 1. The lowest BCUT2D eigenvalue weighted by molar-refractivity contribution is 0.434. The monoisotopic (exact) mass is 282 g/mol. The summed E-state index contributed by atoms with van der Waals surface area (Å²) < 4.78 is 10.8. The molecule has 4 heteroatoms. The first-order valence-corrected chi connectivity index (χ1v) is 6.98. The fourth-order valence-corrected chi connectivity index (χ4v) is 2.42. The molecule has 3 aromatic rings. The summed E-state index contributed by atoms with van der Waals surface area (Å²) in [5.41, 5.74) is 9.96. The van der Waals surface area contributed by atoms with Gasteiger partial charge in [-0.25, -0.2) is 0 Å². The molecule has 3 rings (SSSR count). The molecular formula is C17H18N2O2. The van der Waals surface area contributed by atoms with Gasteiger partial charge in [0, 0.05) is 0 Å². The summed E-state index contributed by atoms with van der Waals surface area (Å²) in [5, 5.41) is 3.91. The maximum absolute atomic E-state index is 5.99. The number of benzene rings is 1. The van der Waals surface area contributed by atoms with Crippen LogP contribution >= 0.6 is 0 Å². The summed E-state index contributed by atoms with van der Waals surface area (Å²) in [6.45, 7) is 6.23. The van der Waals surface area contributed by atoms with E-state index < -0.39 is 0 Å². The lowest BCUT2D eigenvalue weighted by atomic mass is 9.97. The molecular weight excluding hydrogens is 264 g/mol. The molecule has 0 saturated heterocycles. The largest absolute Gasteiger partial charge is 0.469 e. The van der Waals surface area contributed by atoms with Crippen molar-refractivity contribution in [2.24, 2.45) is 0 Å². The van der Waals surface area contributed by atoms with Crippen LogP contribution in [-0.2, 0) is 0 Å². The topological polar surface area (TPSA) is 65.2 Å². The first kappa shape index (κ1) is 13.5.